The third-order valence-electron chi connectivity index (χ3n) is 3.17. The Kier molecular flexibility index (Phi) is 4.54. The Morgan fingerprint density at radius 1 is 1.37 bits per heavy atom. The lowest BCUT2D eigenvalue weighted by Crippen LogP contribution is -2.48. The van der Waals surface area contributed by atoms with E-state index in [-0.39, 0.29) is 22.7 Å². The van der Waals surface area contributed by atoms with E-state index < -0.39 is 15.8 Å². The van der Waals surface area contributed by atoms with E-state index in [0.717, 1.165) is 18.2 Å². The van der Waals surface area contributed by atoms with Gasteiger partial charge in [0.1, 0.15) is 10.7 Å². The highest BCUT2D eigenvalue weighted by Crippen LogP contribution is 2.19. The molecule has 19 heavy (non-hydrogen) atoms. The molecule has 3 N–H and O–H groups in total. The van der Waals surface area contributed by atoms with E-state index in [0.29, 0.717) is 0 Å². The topological polar surface area (TPSA) is 75.4 Å². The Hall–Kier alpha value is -1.18. The van der Waals surface area contributed by atoms with Crippen LogP contribution in [0.3, 0.4) is 0 Å². The number of nitrogens with zero attached hydrogens (tertiary/aromatic N) is 1. The molecule has 0 radical (unpaired) electrons. The van der Waals surface area contributed by atoms with E-state index in [1.807, 2.05) is 32.8 Å². The summed E-state index contributed by atoms with van der Waals surface area (Å²) in [6, 6.07) is 3.23. The van der Waals surface area contributed by atoms with Crippen molar-refractivity contribution in [3.8, 4) is 0 Å². The van der Waals surface area contributed by atoms with E-state index in [1.165, 1.54) is 0 Å². The van der Waals surface area contributed by atoms with Crippen molar-refractivity contribution < 1.29 is 12.8 Å². The van der Waals surface area contributed by atoms with Gasteiger partial charge in [-0.05, 0) is 46.1 Å². The fourth-order valence-corrected chi connectivity index (χ4v) is 2.59. The molecule has 0 spiro atoms. The molecule has 0 aliphatic heterocycles. The molecule has 108 valence electrons. The summed E-state index contributed by atoms with van der Waals surface area (Å²) in [4.78, 5) is 1.80. The second-order valence-electron chi connectivity index (χ2n) is 5.21. The summed E-state index contributed by atoms with van der Waals surface area (Å²) < 4.78 is 39.6. The first kappa shape index (κ1) is 15.9. The Balaban J connectivity index is 2.94. The number of nitrogens with one attached hydrogen (secondary N) is 1. The van der Waals surface area contributed by atoms with Crippen LogP contribution in [-0.2, 0) is 10.0 Å². The molecule has 1 rings (SSSR count). The highest BCUT2D eigenvalue weighted by molar-refractivity contribution is 7.89. The van der Waals surface area contributed by atoms with Crippen molar-refractivity contribution in [2.24, 2.45) is 0 Å². The summed E-state index contributed by atoms with van der Waals surface area (Å²) in [5, 5.41) is 0. The molecule has 0 aliphatic carbocycles. The number of hydrogen-bond acceptors (Lipinski definition) is 4. The number of anilines is 1. The average Bonchev–Trinajstić information content (AvgIpc) is 2.26. The third kappa shape index (κ3) is 3.89. The lowest BCUT2D eigenvalue weighted by Gasteiger charge is -2.32. The number of benzene rings is 1. The number of rotatable bonds is 5. The predicted molar refractivity (Wildman–Crippen MR) is 73.8 cm³/mol. The molecule has 0 amide bonds. The minimum absolute atomic E-state index is 0.102. The fourth-order valence-electron chi connectivity index (χ4n) is 1.27. The van der Waals surface area contributed by atoms with Crippen molar-refractivity contribution in [1.29, 1.82) is 0 Å². The second-order valence-corrected chi connectivity index (χ2v) is 6.95. The van der Waals surface area contributed by atoms with Gasteiger partial charge in [-0.15, -0.1) is 0 Å². The van der Waals surface area contributed by atoms with Crippen LogP contribution in [0.5, 0.6) is 0 Å². The monoisotopic (exact) mass is 289 g/mol. The zero-order valence-electron chi connectivity index (χ0n) is 11.6. The highest BCUT2D eigenvalue weighted by atomic mass is 32.2. The standard InChI is InChI=1S/C12H20FN3O2S/c1-12(2,16(3)4)8-15-19(17,18)11-6-5-9(13)7-10(11)14/h5-7,15H,8,14H2,1-4H3. The van der Waals surface area contributed by atoms with Gasteiger partial charge in [0.25, 0.3) is 0 Å². The van der Waals surface area contributed by atoms with Crippen molar-refractivity contribution in [3.05, 3.63) is 24.0 Å². The maximum atomic E-state index is 12.9. The van der Waals surface area contributed by atoms with Crippen LogP contribution in [0.2, 0.25) is 0 Å². The van der Waals surface area contributed by atoms with Gasteiger partial charge in [-0.2, -0.15) is 0 Å². The second kappa shape index (κ2) is 5.44. The maximum Gasteiger partial charge on any atom is 0.242 e. The summed E-state index contributed by atoms with van der Waals surface area (Å²) >= 11 is 0. The first-order chi connectivity index (χ1) is 8.56. The number of sulfonamides is 1. The van der Waals surface area contributed by atoms with E-state index in [9.17, 15) is 12.8 Å². The molecule has 0 aromatic heterocycles. The molecule has 0 aliphatic rings. The van der Waals surface area contributed by atoms with Gasteiger partial charge in [-0.1, -0.05) is 0 Å². The van der Waals surface area contributed by atoms with Crippen LogP contribution >= 0.6 is 0 Å². The van der Waals surface area contributed by atoms with E-state index in [1.54, 1.807) is 0 Å². The lowest BCUT2D eigenvalue weighted by molar-refractivity contribution is 0.199. The van der Waals surface area contributed by atoms with Crippen molar-refractivity contribution in [2.75, 3.05) is 26.4 Å². The van der Waals surface area contributed by atoms with Crippen LogP contribution in [0.15, 0.2) is 23.1 Å². The molecule has 0 fully saturated rings. The number of nitrogens with two attached hydrogens (primary N) is 1. The Morgan fingerprint density at radius 2 is 1.95 bits per heavy atom. The third-order valence-corrected chi connectivity index (χ3v) is 4.64. The molecule has 0 unspecified atom stereocenters. The summed E-state index contributed by atoms with van der Waals surface area (Å²) in [5.74, 6) is -0.565. The Labute approximate surface area is 113 Å². The summed E-state index contributed by atoms with van der Waals surface area (Å²) in [7, 11) is -0.0194. The quantitative estimate of drug-likeness (QED) is 0.794. The summed E-state index contributed by atoms with van der Waals surface area (Å²) in [5.41, 5.74) is 5.09. The van der Waals surface area contributed by atoms with Crippen molar-refractivity contribution in [1.82, 2.24) is 9.62 Å². The van der Waals surface area contributed by atoms with E-state index in [2.05, 4.69) is 4.72 Å². The van der Waals surface area contributed by atoms with Crippen LogP contribution in [0.25, 0.3) is 0 Å². The maximum absolute atomic E-state index is 12.9. The first-order valence-corrected chi connectivity index (χ1v) is 7.27. The van der Waals surface area contributed by atoms with Gasteiger partial charge in [0.15, 0.2) is 0 Å². The minimum Gasteiger partial charge on any atom is -0.398 e. The zero-order chi connectivity index (χ0) is 14.8. The van der Waals surface area contributed by atoms with Gasteiger partial charge in [0.05, 0.1) is 5.69 Å². The molecule has 0 bridgehead atoms. The van der Waals surface area contributed by atoms with Gasteiger partial charge < -0.3 is 10.6 Å². The number of nitrogen functional groups attached to an aromatic ring is 1. The van der Waals surface area contributed by atoms with Crippen LogP contribution < -0.4 is 10.5 Å². The minimum atomic E-state index is -3.74. The zero-order valence-corrected chi connectivity index (χ0v) is 12.4. The first-order valence-electron chi connectivity index (χ1n) is 5.78. The SMILES string of the molecule is CN(C)C(C)(C)CNS(=O)(=O)c1ccc(F)cc1N. The molecule has 1 aromatic rings. The number of likely N-dealkylation sites (N-methyl/N-ethyl adjacent to an activating group) is 1. The van der Waals surface area contributed by atoms with Gasteiger partial charge >= 0.3 is 0 Å². The molecule has 7 heteroatoms. The van der Waals surface area contributed by atoms with Crippen molar-refractivity contribution >= 4 is 15.7 Å². The average molecular weight is 289 g/mol. The normalized spacial score (nSPS) is 12.9. The van der Waals surface area contributed by atoms with Crippen molar-refractivity contribution in [2.45, 2.75) is 24.3 Å². The van der Waals surface area contributed by atoms with Crippen LogP contribution in [0.1, 0.15) is 13.8 Å². The molecule has 0 atom stereocenters. The molecular weight excluding hydrogens is 269 g/mol. The Bertz CT molecular complexity index is 556. The molecule has 0 heterocycles. The molecule has 0 saturated carbocycles. The van der Waals surface area contributed by atoms with Gasteiger partial charge in [-0.25, -0.2) is 17.5 Å². The lowest BCUT2D eigenvalue weighted by atomic mass is 10.1. The summed E-state index contributed by atoms with van der Waals surface area (Å²) in [6.45, 7) is 4.03. The van der Waals surface area contributed by atoms with Gasteiger partial charge in [-0.3, -0.25) is 0 Å². The fraction of sp³-hybridized carbons (Fsp3) is 0.500. The van der Waals surface area contributed by atoms with Gasteiger partial charge in [0.2, 0.25) is 10.0 Å². The van der Waals surface area contributed by atoms with Crippen molar-refractivity contribution in [3.63, 3.8) is 0 Å². The Morgan fingerprint density at radius 3 is 2.42 bits per heavy atom. The largest absolute Gasteiger partial charge is 0.398 e. The number of hydrogen-bond donors (Lipinski definition) is 2. The predicted octanol–water partition coefficient (Wildman–Crippen LogP) is 1.03. The van der Waals surface area contributed by atoms with E-state index >= 15 is 0 Å². The van der Waals surface area contributed by atoms with Crippen LogP contribution in [0.4, 0.5) is 10.1 Å². The molecule has 0 saturated heterocycles. The molecule has 5 nitrogen and oxygen atoms in total. The molecule has 1 aromatic carbocycles. The van der Waals surface area contributed by atoms with Crippen LogP contribution in [-0.4, -0.2) is 39.5 Å². The van der Waals surface area contributed by atoms with Gasteiger partial charge in [0, 0.05) is 12.1 Å². The molecular formula is C12H20FN3O2S. The van der Waals surface area contributed by atoms with E-state index in [4.69, 9.17) is 5.73 Å². The smallest absolute Gasteiger partial charge is 0.242 e. The van der Waals surface area contributed by atoms with Crippen LogP contribution in [0, 0.1) is 5.82 Å². The summed E-state index contributed by atoms with van der Waals surface area (Å²) in [6.07, 6.45) is 0. The highest BCUT2D eigenvalue weighted by Gasteiger charge is 2.25. The number of halogens is 1.